The molecule has 1 aromatic rings. The number of carbonyl (C=O) groups is 4. The number of fused-ring (bicyclic) bond motifs is 2. The first kappa shape index (κ1) is 29.1. The first-order valence-electron chi connectivity index (χ1n) is 9.72. The maximum absolute atomic E-state index is 11.2. The maximum atomic E-state index is 11.2. The van der Waals surface area contributed by atoms with Gasteiger partial charge in [0.1, 0.15) is 5.75 Å². The van der Waals surface area contributed by atoms with E-state index >= 15 is 0 Å². The van der Waals surface area contributed by atoms with Gasteiger partial charge >= 0.3 is 45.9 Å². The van der Waals surface area contributed by atoms with Gasteiger partial charge < -0.3 is 39.5 Å². The molecule has 1 aromatic heterocycles. The number of rotatable bonds is 9. The van der Waals surface area contributed by atoms with Crippen molar-refractivity contribution < 1.29 is 84.3 Å². The number of nitrogens with zero attached hydrogens (tertiary/aromatic N) is 4. The molecular formula is C19H23GdN4O9. The zero-order valence-electron chi connectivity index (χ0n) is 17.6. The molecule has 1 radical (unpaired) electrons. The predicted octanol–water partition coefficient (Wildman–Crippen LogP) is -5.29. The number of aromatic nitrogens is 1. The number of aliphatic carboxylic acids is 4. The van der Waals surface area contributed by atoms with Crippen molar-refractivity contribution in [1.29, 1.82) is 0 Å². The van der Waals surface area contributed by atoms with Crippen LogP contribution in [0.3, 0.4) is 0 Å². The largest absolute Gasteiger partial charge is 3.00 e. The van der Waals surface area contributed by atoms with Gasteiger partial charge in [0, 0.05) is 58.9 Å². The number of carboxylic acids is 4. The van der Waals surface area contributed by atoms with Crippen LogP contribution in [0.15, 0.2) is 12.1 Å². The standard InChI is InChI=1S/C19H26N4O9.Gd/c24-16(25)9-21-3-5-22(10-17(26)27)7-13-1-2-15(32-12-19(30)31)14(20-13)8-23(6-4-21)11-18(28)29;/h1-2H,3-12H2,(H,24,25)(H,26,27)(H,28,29)(H,30,31);/q;+3/p-3. The summed E-state index contributed by atoms with van der Waals surface area (Å²) in [5, 5.41) is 42.3. The van der Waals surface area contributed by atoms with Gasteiger partial charge in [-0.15, -0.1) is 0 Å². The summed E-state index contributed by atoms with van der Waals surface area (Å²) < 4.78 is 5.26. The molecule has 0 aromatic carbocycles. The van der Waals surface area contributed by atoms with Gasteiger partial charge in [-0.3, -0.25) is 19.7 Å². The summed E-state index contributed by atoms with van der Waals surface area (Å²) in [4.78, 5) is 53.2. The minimum absolute atomic E-state index is 0. The van der Waals surface area contributed by atoms with E-state index in [1.807, 2.05) is 0 Å². The van der Waals surface area contributed by atoms with Crippen molar-refractivity contribution in [3.8, 4) is 5.75 Å². The van der Waals surface area contributed by atoms with Gasteiger partial charge in [0.25, 0.3) is 0 Å². The molecule has 181 valence electrons. The minimum Gasteiger partial charge on any atom is -0.549 e. The molecule has 0 spiro atoms. The van der Waals surface area contributed by atoms with E-state index in [2.05, 4.69) is 4.98 Å². The quantitative estimate of drug-likeness (QED) is 0.280. The molecule has 0 aliphatic carbocycles. The first-order chi connectivity index (χ1) is 15.1. The predicted molar refractivity (Wildman–Crippen MR) is 99.4 cm³/mol. The second kappa shape index (κ2) is 14.3. The third kappa shape index (κ3) is 11.1. The van der Waals surface area contributed by atoms with Crippen molar-refractivity contribution in [3.05, 3.63) is 23.5 Å². The minimum atomic E-state index is -1.35. The van der Waals surface area contributed by atoms with Gasteiger partial charge in [0.15, 0.2) is 6.61 Å². The molecule has 33 heavy (non-hydrogen) atoms. The van der Waals surface area contributed by atoms with Crippen molar-refractivity contribution in [2.45, 2.75) is 13.1 Å². The monoisotopic (exact) mass is 609 g/mol. The number of carbonyl (C=O) groups excluding carboxylic acids is 3. The van der Waals surface area contributed by atoms with Crippen LogP contribution >= 0.6 is 0 Å². The number of hydrogen-bond donors (Lipinski definition) is 1. The van der Waals surface area contributed by atoms with Crippen LogP contribution in [0.2, 0.25) is 0 Å². The van der Waals surface area contributed by atoms with E-state index in [9.17, 15) is 34.5 Å². The fraction of sp³-hybridized carbons (Fsp3) is 0.526. The topological polar surface area (TPSA) is 190 Å². The van der Waals surface area contributed by atoms with E-state index < -0.39 is 50.1 Å². The molecule has 1 aliphatic heterocycles. The van der Waals surface area contributed by atoms with E-state index in [1.54, 1.807) is 0 Å². The third-order valence-corrected chi connectivity index (χ3v) is 4.62. The molecule has 2 heterocycles. The molecule has 2 rings (SSSR count). The average Bonchev–Trinajstić information content (AvgIpc) is 2.67. The Bertz CT molecular complexity index is 855. The molecule has 1 aliphatic rings. The van der Waals surface area contributed by atoms with Gasteiger partial charge in [0.05, 0.1) is 29.3 Å². The van der Waals surface area contributed by atoms with Gasteiger partial charge in [0.2, 0.25) is 0 Å². The maximum Gasteiger partial charge on any atom is 3.00 e. The van der Waals surface area contributed by atoms with Crippen LogP contribution in [0.25, 0.3) is 0 Å². The summed E-state index contributed by atoms with van der Waals surface area (Å²) in [6.07, 6.45) is 0. The summed E-state index contributed by atoms with van der Waals surface area (Å²) in [6, 6.07) is 3.03. The molecule has 0 amide bonds. The number of carboxylic acid groups (broad SMARTS) is 4. The van der Waals surface area contributed by atoms with E-state index in [4.69, 9.17) is 9.84 Å². The Morgan fingerprint density at radius 1 is 0.848 bits per heavy atom. The van der Waals surface area contributed by atoms with Crippen molar-refractivity contribution >= 4 is 23.9 Å². The molecule has 14 heteroatoms. The SMILES string of the molecule is O=C([O-])CN1CCN(CC(=O)[O-])Cc2ccc(OCC(=O)O)c(n2)CN(CC(=O)[O-])CC1.[Gd+3]. The van der Waals surface area contributed by atoms with Crippen molar-refractivity contribution in [1.82, 2.24) is 19.7 Å². The molecule has 0 fully saturated rings. The summed E-state index contributed by atoms with van der Waals surface area (Å²) in [6.45, 7) is -1.28. The Kier molecular flexibility index (Phi) is 12.6. The number of pyridine rings is 1. The molecular weight excluding hydrogens is 585 g/mol. The van der Waals surface area contributed by atoms with Crippen LogP contribution < -0.4 is 20.1 Å². The average molecular weight is 609 g/mol. The van der Waals surface area contributed by atoms with Crippen molar-refractivity contribution in [3.63, 3.8) is 0 Å². The molecule has 0 saturated heterocycles. The zero-order valence-corrected chi connectivity index (χ0v) is 19.8. The van der Waals surface area contributed by atoms with Crippen LogP contribution in [0, 0.1) is 39.9 Å². The fourth-order valence-electron chi connectivity index (χ4n) is 3.26. The summed E-state index contributed by atoms with van der Waals surface area (Å²) >= 11 is 0. The Morgan fingerprint density at radius 3 is 1.85 bits per heavy atom. The van der Waals surface area contributed by atoms with Crippen molar-refractivity contribution in [2.24, 2.45) is 0 Å². The smallest absolute Gasteiger partial charge is 0.549 e. The van der Waals surface area contributed by atoms with E-state index in [0.29, 0.717) is 5.69 Å². The molecule has 0 atom stereocenters. The molecule has 2 bridgehead atoms. The van der Waals surface area contributed by atoms with Crippen LogP contribution in [-0.4, -0.2) is 101 Å². The fourth-order valence-corrected chi connectivity index (χ4v) is 3.26. The molecule has 0 saturated carbocycles. The molecule has 13 nitrogen and oxygen atoms in total. The zero-order chi connectivity index (χ0) is 23.7. The third-order valence-electron chi connectivity index (χ3n) is 4.62. The van der Waals surface area contributed by atoms with Crippen LogP contribution in [-0.2, 0) is 32.3 Å². The Hall–Kier alpha value is -1.97. The van der Waals surface area contributed by atoms with Gasteiger partial charge in [-0.25, -0.2) is 4.79 Å². The Labute approximate surface area is 221 Å². The molecule has 0 unspecified atom stereocenters. The van der Waals surface area contributed by atoms with Gasteiger partial charge in [-0.1, -0.05) is 0 Å². The van der Waals surface area contributed by atoms with Gasteiger partial charge in [-0.2, -0.15) is 0 Å². The normalized spacial score (nSPS) is 16.0. The van der Waals surface area contributed by atoms with Crippen LogP contribution in [0.1, 0.15) is 11.4 Å². The first-order valence-corrected chi connectivity index (χ1v) is 9.72. The van der Waals surface area contributed by atoms with E-state index in [0.717, 1.165) is 0 Å². The van der Waals surface area contributed by atoms with Crippen LogP contribution in [0.4, 0.5) is 0 Å². The second-order valence-corrected chi connectivity index (χ2v) is 7.24. The molecule has 1 N–H and O–H groups in total. The summed E-state index contributed by atoms with van der Waals surface area (Å²) in [5.41, 5.74) is 0.690. The van der Waals surface area contributed by atoms with E-state index in [1.165, 1.54) is 26.8 Å². The summed E-state index contributed by atoms with van der Waals surface area (Å²) in [5.74, 6) is -5.07. The number of ether oxygens (including phenoxy) is 1. The van der Waals surface area contributed by atoms with Crippen LogP contribution in [0.5, 0.6) is 5.75 Å². The van der Waals surface area contributed by atoms with Gasteiger partial charge in [-0.05, 0) is 12.1 Å². The second-order valence-electron chi connectivity index (χ2n) is 7.24. The summed E-state index contributed by atoms with van der Waals surface area (Å²) in [7, 11) is 0. The van der Waals surface area contributed by atoms with E-state index in [-0.39, 0.29) is 90.7 Å². The van der Waals surface area contributed by atoms with Crippen molar-refractivity contribution in [2.75, 3.05) is 52.4 Å². The number of hydrogen-bond acceptors (Lipinski definition) is 12. The Balaban J connectivity index is 0.00000544. The Morgan fingerprint density at radius 2 is 1.33 bits per heavy atom.